The van der Waals surface area contributed by atoms with Crippen molar-refractivity contribution < 1.29 is 37.3 Å². The molecule has 246 valence electrons. The van der Waals surface area contributed by atoms with Gasteiger partial charge in [-0.25, -0.2) is 13.2 Å². The zero-order chi connectivity index (χ0) is 34.5. The SMILES string of the molecule is C=C(CCl)C(C(=O)OCc1ccc(OC)cc1)N1C(=O)C(N=Cc2ccc([N+](=O)[O-])cc2[N+](=O)[O-])C1SS(=O)(=O)c1ccc(C)cc1. The Kier molecular flexibility index (Phi) is 11.0. The van der Waals surface area contributed by atoms with Gasteiger partial charge < -0.3 is 14.4 Å². The number of rotatable bonds is 14. The lowest BCUT2D eigenvalue weighted by Gasteiger charge is -2.47. The Morgan fingerprint density at radius 3 is 2.34 bits per heavy atom. The van der Waals surface area contributed by atoms with Gasteiger partial charge >= 0.3 is 5.97 Å². The molecule has 1 amide bonds. The molecule has 3 unspecified atom stereocenters. The minimum Gasteiger partial charge on any atom is -0.497 e. The number of aryl methyl sites for hydroxylation is 1. The number of β-lactam (4-membered cyclic amide) rings is 1. The van der Waals surface area contributed by atoms with E-state index in [2.05, 4.69) is 11.6 Å². The van der Waals surface area contributed by atoms with Crippen molar-refractivity contribution in [3.8, 4) is 5.75 Å². The van der Waals surface area contributed by atoms with E-state index < -0.39 is 59.4 Å². The first-order valence-corrected chi connectivity index (χ1v) is 17.0. The monoisotopic (exact) mass is 702 g/mol. The molecule has 0 N–H and O–H groups in total. The summed E-state index contributed by atoms with van der Waals surface area (Å²) in [5.74, 6) is -1.43. The molecule has 0 spiro atoms. The lowest BCUT2D eigenvalue weighted by Crippen LogP contribution is -2.68. The van der Waals surface area contributed by atoms with Gasteiger partial charge in [0.25, 0.3) is 17.3 Å². The van der Waals surface area contributed by atoms with Crippen LogP contribution in [0.1, 0.15) is 16.7 Å². The van der Waals surface area contributed by atoms with E-state index in [1.54, 1.807) is 43.3 Å². The number of amides is 1. The van der Waals surface area contributed by atoms with Gasteiger partial charge in [0.2, 0.25) is 8.87 Å². The lowest BCUT2D eigenvalue weighted by molar-refractivity contribution is -0.394. The van der Waals surface area contributed by atoms with Crippen molar-refractivity contribution in [1.82, 2.24) is 4.90 Å². The van der Waals surface area contributed by atoms with E-state index in [1.165, 1.54) is 19.2 Å². The summed E-state index contributed by atoms with van der Waals surface area (Å²) in [6.07, 6.45) is 0.960. The highest BCUT2D eigenvalue weighted by Crippen LogP contribution is 2.41. The molecule has 0 aromatic heterocycles. The molecule has 3 aromatic carbocycles. The zero-order valence-corrected chi connectivity index (χ0v) is 27.2. The first-order valence-electron chi connectivity index (χ1n) is 13.6. The van der Waals surface area contributed by atoms with Crippen LogP contribution in [0.5, 0.6) is 5.75 Å². The molecule has 0 bridgehead atoms. The van der Waals surface area contributed by atoms with E-state index in [0.29, 0.717) is 22.1 Å². The summed E-state index contributed by atoms with van der Waals surface area (Å²) < 4.78 is 37.6. The number of carbonyl (C=O) groups excluding carboxylic acids is 2. The number of ether oxygens (including phenoxy) is 2. The number of alkyl halides is 1. The fraction of sp³-hybridized carbons (Fsp3) is 0.233. The molecule has 14 nitrogen and oxygen atoms in total. The first kappa shape index (κ1) is 35.1. The summed E-state index contributed by atoms with van der Waals surface area (Å²) >= 11 is 6.04. The number of carbonyl (C=O) groups is 2. The third-order valence-electron chi connectivity index (χ3n) is 6.98. The Labute approximate surface area is 277 Å². The normalized spacial score (nSPS) is 16.7. The number of esters is 1. The minimum absolute atomic E-state index is 0.0477. The van der Waals surface area contributed by atoms with Crippen molar-refractivity contribution in [1.29, 1.82) is 0 Å². The van der Waals surface area contributed by atoms with Crippen molar-refractivity contribution >= 4 is 60.7 Å². The first-order chi connectivity index (χ1) is 22.3. The van der Waals surface area contributed by atoms with Crippen LogP contribution >= 0.6 is 22.4 Å². The number of hydrogen-bond donors (Lipinski definition) is 0. The maximum absolute atomic E-state index is 13.6. The summed E-state index contributed by atoms with van der Waals surface area (Å²) in [7, 11) is -2.31. The summed E-state index contributed by atoms with van der Waals surface area (Å²) in [6.45, 7) is 5.39. The quantitative estimate of drug-likeness (QED) is 0.0328. The number of nitro benzene ring substituents is 2. The highest BCUT2D eigenvalue weighted by atomic mass is 35.5. The number of nitrogens with zero attached hydrogens (tertiary/aromatic N) is 4. The highest BCUT2D eigenvalue weighted by molar-refractivity contribution is 8.72. The third kappa shape index (κ3) is 7.96. The van der Waals surface area contributed by atoms with Crippen LogP contribution in [0.25, 0.3) is 0 Å². The standard InChI is InChI=1S/C30H27ClN4O10S2/c1-18-4-12-24(13-5-18)47(42,43)46-29-26(32-16-21-8-9-22(34(38)39)14-25(21)35(40)41)28(36)33(29)27(19(2)15-31)30(37)45-17-20-6-10-23(44-3)11-7-20/h4-14,16,26-27,29H,2,15,17H2,1,3H3. The van der Waals surface area contributed by atoms with Gasteiger partial charge in [-0.15, -0.1) is 11.6 Å². The van der Waals surface area contributed by atoms with Crippen molar-refractivity contribution in [2.24, 2.45) is 4.99 Å². The van der Waals surface area contributed by atoms with Gasteiger partial charge in [-0.3, -0.25) is 30.0 Å². The van der Waals surface area contributed by atoms with Crippen LogP contribution in [0.15, 0.2) is 88.8 Å². The third-order valence-corrected chi connectivity index (χ3v) is 11.0. The number of non-ortho nitro benzene ring substituents is 1. The fourth-order valence-electron chi connectivity index (χ4n) is 4.45. The number of nitro groups is 2. The molecule has 1 aliphatic rings. The number of methoxy groups -OCH3 is 1. The Hall–Kier alpha value is -4.80. The number of benzene rings is 3. The van der Waals surface area contributed by atoms with E-state index in [-0.39, 0.29) is 28.5 Å². The number of halogens is 1. The smallest absolute Gasteiger partial charge is 0.333 e. The van der Waals surface area contributed by atoms with E-state index in [1.807, 2.05) is 0 Å². The predicted molar refractivity (Wildman–Crippen MR) is 174 cm³/mol. The molecule has 4 rings (SSSR count). The van der Waals surface area contributed by atoms with Crippen molar-refractivity contribution in [3.63, 3.8) is 0 Å². The molecular formula is C30H27ClN4O10S2. The second-order valence-electron chi connectivity index (χ2n) is 10.1. The van der Waals surface area contributed by atoms with Gasteiger partial charge in [-0.05, 0) is 48.4 Å². The van der Waals surface area contributed by atoms with Crippen LogP contribution in [-0.4, -0.2) is 71.7 Å². The second-order valence-corrected chi connectivity index (χ2v) is 14.3. The Morgan fingerprint density at radius 1 is 1.11 bits per heavy atom. The molecule has 17 heteroatoms. The summed E-state index contributed by atoms with van der Waals surface area (Å²) in [6, 6.07) is 12.5. The topological polar surface area (TPSA) is 189 Å². The van der Waals surface area contributed by atoms with E-state index in [9.17, 15) is 38.2 Å². The van der Waals surface area contributed by atoms with E-state index in [4.69, 9.17) is 21.1 Å². The zero-order valence-electron chi connectivity index (χ0n) is 24.8. The van der Waals surface area contributed by atoms with Gasteiger partial charge in [-0.2, -0.15) is 0 Å². The predicted octanol–water partition coefficient (Wildman–Crippen LogP) is 4.80. The van der Waals surface area contributed by atoms with Crippen LogP contribution in [0.2, 0.25) is 0 Å². The van der Waals surface area contributed by atoms with Gasteiger partial charge in [0, 0.05) is 29.0 Å². The van der Waals surface area contributed by atoms with Crippen molar-refractivity contribution in [2.45, 2.75) is 35.9 Å². The molecule has 0 aliphatic carbocycles. The van der Waals surface area contributed by atoms with E-state index in [0.717, 1.165) is 34.9 Å². The highest BCUT2D eigenvalue weighted by Gasteiger charge is 2.55. The number of likely N-dealkylation sites (tertiary alicyclic amines) is 1. The van der Waals surface area contributed by atoms with Crippen LogP contribution in [0.3, 0.4) is 0 Å². The van der Waals surface area contributed by atoms with Crippen LogP contribution in [0, 0.1) is 27.2 Å². The summed E-state index contributed by atoms with van der Waals surface area (Å²) in [4.78, 5) is 53.2. The van der Waals surface area contributed by atoms with E-state index >= 15 is 0 Å². The van der Waals surface area contributed by atoms with Crippen LogP contribution in [0.4, 0.5) is 11.4 Å². The van der Waals surface area contributed by atoms with Gasteiger partial charge in [0.05, 0.1) is 33.5 Å². The average molecular weight is 703 g/mol. The molecule has 0 saturated carbocycles. The second kappa shape index (κ2) is 14.7. The average Bonchev–Trinajstić information content (AvgIpc) is 3.05. The fourth-order valence-corrected chi connectivity index (χ4v) is 8.09. The maximum Gasteiger partial charge on any atom is 0.333 e. The van der Waals surface area contributed by atoms with Gasteiger partial charge in [-0.1, -0.05) is 36.4 Å². The van der Waals surface area contributed by atoms with Crippen LogP contribution in [-0.2, 0) is 29.8 Å². The molecule has 3 atom stereocenters. The Bertz CT molecular complexity index is 1850. The molecule has 1 aliphatic heterocycles. The molecule has 0 radical (unpaired) electrons. The summed E-state index contributed by atoms with van der Waals surface area (Å²) in [5, 5.41) is 21.4. The van der Waals surface area contributed by atoms with Gasteiger partial charge in [0.15, 0.2) is 12.1 Å². The minimum atomic E-state index is -4.16. The maximum atomic E-state index is 13.6. The van der Waals surface area contributed by atoms with Crippen LogP contribution < -0.4 is 4.74 Å². The molecular weight excluding hydrogens is 676 g/mol. The number of aliphatic imine (C=N–C) groups is 1. The Morgan fingerprint density at radius 2 is 1.77 bits per heavy atom. The molecule has 3 aromatic rings. The largest absolute Gasteiger partial charge is 0.497 e. The molecule has 47 heavy (non-hydrogen) atoms. The summed E-state index contributed by atoms with van der Waals surface area (Å²) in [5.41, 5.74) is 0.0969. The van der Waals surface area contributed by atoms with Crippen molar-refractivity contribution in [2.75, 3.05) is 13.0 Å². The molecule has 1 fully saturated rings. The number of hydrogen-bond acceptors (Lipinski definition) is 12. The molecule has 1 saturated heterocycles. The lowest BCUT2D eigenvalue weighted by atomic mass is 9.99. The Balaban J connectivity index is 1.69. The van der Waals surface area contributed by atoms with Crippen molar-refractivity contribution in [3.05, 3.63) is 116 Å². The molecule has 1 heterocycles. The van der Waals surface area contributed by atoms with Gasteiger partial charge in [0.1, 0.15) is 17.7 Å².